The molecule has 1 atom stereocenters. The highest BCUT2D eigenvalue weighted by Gasteiger charge is 2.09. The number of aryl methyl sites for hydroxylation is 2. The van der Waals surface area contributed by atoms with Crippen molar-refractivity contribution >= 4 is 0 Å². The second-order valence-electron chi connectivity index (χ2n) is 4.75. The van der Waals surface area contributed by atoms with Crippen LogP contribution in [0.3, 0.4) is 0 Å². The van der Waals surface area contributed by atoms with E-state index in [-0.39, 0.29) is 0 Å². The summed E-state index contributed by atoms with van der Waals surface area (Å²) in [5.41, 5.74) is 3.52. The molecule has 1 heterocycles. The standard InChI is InChI=1S/C15H20N2O/c1-11(14-7-5-4-6-8-14)9-16-10-15-12(2)17-18-13(15)3/h4-8,11,16H,9-10H2,1-3H3. The van der Waals surface area contributed by atoms with E-state index in [1.807, 2.05) is 19.9 Å². The van der Waals surface area contributed by atoms with Crippen LogP contribution in [0.2, 0.25) is 0 Å². The summed E-state index contributed by atoms with van der Waals surface area (Å²) in [5.74, 6) is 1.42. The van der Waals surface area contributed by atoms with Crippen molar-refractivity contribution in [2.75, 3.05) is 6.54 Å². The third kappa shape index (κ3) is 2.99. The first-order valence-corrected chi connectivity index (χ1v) is 6.36. The Morgan fingerprint density at radius 3 is 2.56 bits per heavy atom. The molecule has 0 radical (unpaired) electrons. The molecular weight excluding hydrogens is 224 g/mol. The molecule has 3 nitrogen and oxygen atoms in total. The molecule has 1 aromatic heterocycles. The van der Waals surface area contributed by atoms with E-state index < -0.39 is 0 Å². The molecule has 0 saturated carbocycles. The molecule has 1 N–H and O–H groups in total. The van der Waals surface area contributed by atoms with E-state index in [9.17, 15) is 0 Å². The van der Waals surface area contributed by atoms with Gasteiger partial charge in [-0.25, -0.2) is 0 Å². The molecule has 0 aliphatic heterocycles. The second kappa shape index (κ2) is 5.83. The predicted octanol–water partition coefficient (Wildman–Crippen LogP) is 3.18. The fourth-order valence-corrected chi connectivity index (χ4v) is 2.07. The summed E-state index contributed by atoms with van der Waals surface area (Å²) in [6.45, 7) is 7.94. The summed E-state index contributed by atoms with van der Waals surface area (Å²) in [6, 6.07) is 10.6. The average molecular weight is 244 g/mol. The Hall–Kier alpha value is -1.61. The Morgan fingerprint density at radius 2 is 1.94 bits per heavy atom. The smallest absolute Gasteiger partial charge is 0.138 e. The molecule has 2 aromatic rings. The summed E-state index contributed by atoms with van der Waals surface area (Å²) in [7, 11) is 0. The molecule has 0 bridgehead atoms. The van der Waals surface area contributed by atoms with E-state index in [0.717, 1.165) is 24.5 Å². The fourth-order valence-electron chi connectivity index (χ4n) is 2.07. The van der Waals surface area contributed by atoms with Crippen molar-refractivity contribution < 1.29 is 4.52 Å². The Labute approximate surface area is 108 Å². The molecule has 0 saturated heterocycles. The van der Waals surface area contributed by atoms with Gasteiger partial charge in [-0.15, -0.1) is 0 Å². The summed E-state index contributed by atoms with van der Waals surface area (Å²) >= 11 is 0. The van der Waals surface area contributed by atoms with Crippen LogP contribution in [0.1, 0.15) is 35.4 Å². The van der Waals surface area contributed by atoms with Gasteiger partial charge in [-0.1, -0.05) is 42.4 Å². The Balaban J connectivity index is 1.86. The van der Waals surface area contributed by atoms with Crippen molar-refractivity contribution in [2.45, 2.75) is 33.2 Å². The predicted molar refractivity (Wildman–Crippen MR) is 72.5 cm³/mol. The highest BCUT2D eigenvalue weighted by atomic mass is 16.5. The zero-order valence-corrected chi connectivity index (χ0v) is 11.2. The van der Waals surface area contributed by atoms with Crippen LogP contribution >= 0.6 is 0 Å². The number of benzene rings is 1. The summed E-state index contributed by atoms with van der Waals surface area (Å²) < 4.78 is 5.15. The van der Waals surface area contributed by atoms with Crippen molar-refractivity contribution in [2.24, 2.45) is 0 Å². The highest BCUT2D eigenvalue weighted by Crippen LogP contribution is 2.15. The van der Waals surface area contributed by atoms with Gasteiger partial charge in [0.1, 0.15) is 5.76 Å². The molecule has 0 spiro atoms. The molecule has 1 aromatic carbocycles. The van der Waals surface area contributed by atoms with E-state index in [4.69, 9.17) is 4.52 Å². The number of hydrogen-bond acceptors (Lipinski definition) is 3. The molecule has 0 aliphatic rings. The molecule has 2 rings (SSSR count). The van der Waals surface area contributed by atoms with Crippen molar-refractivity contribution in [1.82, 2.24) is 10.5 Å². The monoisotopic (exact) mass is 244 g/mol. The van der Waals surface area contributed by atoms with Crippen LogP contribution in [0.4, 0.5) is 0 Å². The minimum atomic E-state index is 0.506. The van der Waals surface area contributed by atoms with Gasteiger partial charge in [-0.3, -0.25) is 0 Å². The van der Waals surface area contributed by atoms with Crippen molar-refractivity contribution in [3.63, 3.8) is 0 Å². The first-order valence-electron chi connectivity index (χ1n) is 6.36. The van der Waals surface area contributed by atoms with Gasteiger partial charge in [0.05, 0.1) is 5.69 Å². The lowest BCUT2D eigenvalue weighted by molar-refractivity contribution is 0.391. The number of nitrogens with zero attached hydrogens (tertiary/aromatic N) is 1. The zero-order chi connectivity index (χ0) is 13.0. The van der Waals surface area contributed by atoms with E-state index in [1.165, 1.54) is 11.1 Å². The lowest BCUT2D eigenvalue weighted by atomic mass is 10.0. The number of nitrogens with one attached hydrogen (secondary N) is 1. The third-order valence-corrected chi connectivity index (χ3v) is 3.30. The van der Waals surface area contributed by atoms with Gasteiger partial charge in [0.25, 0.3) is 0 Å². The number of hydrogen-bond donors (Lipinski definition) is 1. The maximum Gasteiger partial charge on any atom is 0.138 e. The van der Waals surface area contributed by atoms with Gasteiger partial charge < -0.3 is 9.84 Å². The highest BCUT2D eigenvalue weighted by molar-refractivity contribution is 5.21. The normalized spacial score (nSPS) is 12.6. The largest absolute Gasteiger partial charge is 0.361 e. The zero-order valence-electron chi connectivity index (χ0n) is 11.2. The van der Waals surface area contributed by atoms with Crippen molar-refractivity contribution in [3.8, 4) is 0 Å². The van der Waals surface area contributed by atoms with E-state index >= 15 is 0 Å². The Morgan fingerprint density at radius 1 is 1.22 bits per heavy atom. The topological polar surface area (TPSA) is 38.1 Å². The molecule has 1 unspecified atom stereocenters. The van der Waals surface area contributed by atoms with Crippen LogP contribution in [0, 0.1) is 13.8 Å². The average Bonchev–Trinajstić information content (AvgIpc) is 2.71. The van der Waals surface area contributed by atoms with E-state index in [1.54, 1.807) is 0 Å². The minimum Gasteiger partial charge on any atom is -0.361 e. The third-order valence-electron chi connectivity index (χ3n) is 3.30. The molecule has 96 valence electrons. The maximum atomic E-state index is 5.15. The molecule has 18 heavy (non-hydrogen) atoms. The molecule has 0 fully saturated rings. The van der Waals surface area contributed by atoms with Crippen LogP contribution in [0.15, 0.2) is 34.9 Å². The SMILES string of the molecule is Cc1noc(C)c1CNCC(C)c1ccccc1. The Kier molecular flexibility index (Phi) is 4.15. The van der Waals surface area contributed by atoms with E-state index in [0.29, 0.717) is 5.92 Å². The van der Waals surface area contributed by atoms with Gasteiger partial charge >= 0.3 is 0 Å². The summed E-state index contributed by atoms with van der Waals surface area (Å²) in [5, 5.41) is 7.42. The van der Waals surface area contributed by atoms with Crippen molar-refractivity contribution in [1.29, 1.82) is 0 Å². The molecule has 3 heteroatoms. The fraction of sp³-hybridized carbons (Fsp3) is 0.400. The van der Waals surface area contributed by atoms with E-state index in [2.05, 4.69) is 41.7 Å². The van der Waals surface area contributed by atoms with Crippen molar-refractivity contribution in [3.05, 3.63) is 52.9 Å². The summed E-state index contributed by atoms with van der Waals surface area (Å²) in [4.78, 5) is 0. The van der Waals surface area contributed by atoms with Crippen LogP contribution < -0.4 is 5.32 Å². The number of rotatable bonds is 5. The first kappa shape index (κ1) is 12.8. The van der Waals surface area contributed by atoms with Gasteiger partial charge in [0, 0.05) is 18.7 Å². The van der Waals surface area contributed by atoms with Crippen LogP contribution in [-0.2, 0) is 6.54 Å². The van der Waals surface area contributed by atoms with Gasteiger partial charge in [0.2, 0.25) is 0 Å². The van der Waals surface area contributed by atoms with Crippen LogP contribution in [0.5, 0.6) is 0 Å². The molecular formula is C15H20N2O. The van der Waals surface area contributed by atoms with Gasteiger partial charge in [-0.05, 0) is 25.3 Å². The quantitative estimate of drug-likeness (QED) is 0.877. The lowest BCUT2D eigenvalue weighted by Gasteiger charge is -2.12. The van der Waals surface area contributed by atoms with Crippen LogP contribution in [0.25, 0.3) is 0 Å². The summed E-state index contributed by atoms with van der Waals surface area (Å²) in [6.07, 6.45) is 0. The second-order valence-corrected chi connectivity index (χ2v) is 4.75. The molecule has 0 aliphatic carbocycles. The maximum absolute atomic E-state index is 5.15. The first-order chi connectivity index (χ1) is 8.68. The van der Waals surface area contributed by atoms with Gasteiger partial charge in [-0.2, -0.15) is 0 Å². The lowest BCUT2D eigenvalue weighted by Crippen LogP contribution is -2.20. The Bertz CT molecular complexity index is 471. The minimum absolute atomic E-state index is 0.506. The molecule has 0 amide bonds. The number of aromatic nitrogens is 1. The van der Waals surface area contributed by atoms with Gasteiger partial charge in [0.15, 0.2) is 0 Å². The van der Waals surface area contributed by atoms with Crippen LogP contribution in [-0.4, -0.2) is 11.7 Å².